The number of benzene rings is 2. The summed E-state index contributed by atoms with van der Waals surface area (Å²) in [6.45, 7) is -0.599. The second kappa shape index (κ2) is 9.52. The van der Waals surface area contributed by atoms with E-state index in [1.54, 1.807) is 16.1 Å². The SMILES string of the molecule is OC[C@H]1O[C@@H](c2nncn2-c2ccc3ncsc3c2)[C@H](O)[C@@H](n2cc(-c3cc(F)c(F)c(F)c3)nn2)[C@H]1O. The van der Waals surface area contributed by atoms with Crippen molar-refractivity contribution in [2.45, 2.75) is 30.5 Å². The molecule has 5 atom stereocenters. The van der Waals surface area contributed by atoms with E-state index in [0.29, 0.717) is 5.69 Å². The molecule has 6 rings (SSSR count). The Labute approximate surface area is 215 Å². The van der Waals surface area contributed by atoms with Gasteiger partial charge in [-0.3, -0.25) is 4.57 Å². The van der Waals surface area contributed by atoms with Crippen molar-refractivity contribution in [3.05, 3.63) is 71.6 Å². The number of rotatable bonds is 5. The number of halogens is 3. The van der Waals surface area contributed by atoms with Gasteiger partial charge in [0.25, 0.3) is 0 Å². The highest BCUT2D eigenvalue weighted by Gasteiger charge is 2.48. The Balaban J connectivity index is 1.36. The van der Waals surface area contributed by atoms with Crippen molar-refractivity contribution in [2.24, 2.45) is 0 Å². The zero-order valence-electron chi connectivity index (χ0n) is 19.1. The maximum Gasteiger partial charge on any atom is 0.194 e. The van der Waals surface area contributed by atoms with Crippen LogP contribution in [0.1, 0.15) is 18.0 Å². The summed E-state index contributed by atoms with van der Waals surface area (Å²) in [5, 5.41) is 48.0. The van der Waals surface area contributed by atoms with Crippen LogP contribution in [0.2, 0.25) is 0 Å². The van der Waals surface area contributed by atoms with E-state index < -0.39 is 54.5 Å². The number of aromatic nitrogens is 7. The van der Waals surface area contributed by atoms with Gasteiger partial charge in [0.05, 0.1) is 28.5 Å². The first-order valence-electron chi connectivity index (χ1n) is 11.3. The maximum absolute atomic E-state index is 13.7. The normalized spacial score (nSPS) is 23.8. The molecule has 15 heteroatoms. The highest BCUT2D eigenvalue weighted by atomic mass is 32.1. The van der Waals surface area contributed by atoms with Gasteiger partial charge in [-0.1, -0.05) is 5.21 Å². The largest absolute Gasteiger partial charge is 0.394 e. The van der Waals surface area contributed by atoms with Gasteiger partial charge in [0.15, 0.2) is 23.3 Å². The summed E-state index contributed by atoms with van der Waals surface area (Å²) in [6.07, 6.45) is -2.58. The molecule has 1 aliphatic heterocycles. The average Bonchev–Trinajstić information content (AvgIpc) is 3.68. The molecule has 38 heavy (non-hydrogen) atoms. The lowest BCUT2D eigenvalue weighted by atomic mass is 9.92. The van der Waals surface area contributed by atoms with Crippen LogP contribution in [-0.4, -0.2) is 75.0 Å². The van der Waals surface area contributed by atoms with Crippen molar-refractivity contribution < 1.29 is 33.2 Å². The van der Waals surface area contributed by atoms with Crippen LogP contribution in [0.5, 0.6) is 0 Å². The van der Waals surface area contributed by atoms with E-state index in [9.17, 15) is 28.5 Å². The van der Waals surface area contributed by atoms with E-state index in [2.05, 4.69) is 25.5 Å². The first kappa shape index (κ1) is 24.6. The van der Waals surface area contributed by atoms with Crippen molar-refractivity contribution in [2.75, 3.05) is 6.61 Å². The van der Waals surface area contributed by atoms with Crippen molar-refractivity contribution in [3.63, 3.8) is 0 Å². The Morgan fingerprint density at radius 1 is 1.03 bits per heavy atom. The quantitative estimate of drug-likeness (QED) is 0.282. The number of hydrogen-bond donors (Lipinski definition) is 3. The summed E-state index contributed by atoms with van der Waals surface area (Å²) in [7, 11) is 0. The minimum Gasteiger partial charge on any atom is -0.394 e. The molecule has 2 aromatic carbocycles. The second-order valence-electron chi connectivity index (χ2n) is 8.65. The fourth-order valence-electron chi connectivity index (χ4n) is 4.52. The van der Waals surface area contributed by atoms with Gasteiger partial charge in [0, 0.05) is 11.3 Å². The summed E-state index contributed by atoms with van der Waals surface area (Å²) < 4.78 is 50.4. The van der Waals surface area contributed by atoms with E-state index in [1.165, 1.54) is 23.9 Å². The van der Waals surface area contributed by atoms with E-state index in [0.717, 1.165) is 27.0 Å². The van der Waals surface area contributed by atoms with Crippen molar-refractivity contribution in [3.8, 4) is 16.9 Å². The number of nitrogens with zero attached hydrogens (tertiary/aromatic N) is 7. The lowest BCUT2D eigenvalue weighted by Crippen LogP contribution is -2.53. The number of aliphatic hydroxyl groups is 3. The Hall–Kier alpha value is -3.76. The Morgan fingerprint density at radius 3 is 2.58 bits per heavy atom. The molecule has 1 fully saturated rings. The van der Waals surface area contributed by atoms with Gasteiger partial charge >= 0.3 is 0 Å². The van der Waals surface area contributed by atoms with E-state index in [1.807, 2.05) is 12.1 Å². The van der Waals surface area contributed by atoms with Crippen LogP contribution in [0.3, 0.4) is 0 Å². The minimum atomic E-state index is -1.62. The minimum absolute atomic E-state index is 0.0354. The Bertz CT molecular complexity index is 1600. The van der Waals surface area contributed by atoms with Crippen molar-refractivity contribution in [1.82, 2.24) is 34.7 Å². The van der Waals surface area contributed by atoms with Gasteiger partial charge < -0.3 is 20.1 Å². The fraction of sp³-hybridized carbons (Fsp3) is 0.261. The number of hydrogen-bond acceptors (Lipinski definition) is 10. The van der Waals surface area contributed by atoms with E-state index in [-0.39, 0.29) is 17.1 Å². The van der Waals surface area contributed by atoms with E-state index in [4.69, 9.17) is 4.74 Å². The van der Waals surface area contributed by atoms with Gasteiger partial charge in [-0.05, 0) is 30.3 Å². The number of ether oxygens (including phenoxy) is 1. The van der Waals surface area contributed by atoms with Crippen LogP contribution in [0.4, 0.5) is 13.2 Å². The number of fused-ring (bicyclic) bond motifs is 1. The van der Waals surface area contributed by atoms with Gasteiger partial charge in [-0.25, -0.2) is 22.8 Å². The van der Waals surface area contributed by atoms with Gasteiger partial charge in [0.1, 0.15) is 42.5 Å². The van der Waals surface area contributed by atoms with Gasteiger partial charge in [-0.2, -0.15) is 0 Å². The molecule has 0 bridgehead atoms. The Morgan fingerprint density at radius 2 is 1.82 bits per heavy atom. The maximum atomic E-state index is 13.7. The third kappa shape index (κ3) is 4.04. The molecule has 1 aliphatic rings. The molecule has 5 aromatic rings. The molecule has 0 amide bonds. The van der Waals surface area contributed by atoms with Crippen LogP contribution in [-0.2, 0) is 4.74 Å². The Kier molecular flexibility index (Phi) is 6.16. The van der Waals surface area contributed by atoms with Gasteiger partial charge in [0.2, 0.25) is 0 Å². The standard InChI is InChI=1S/C23H18F3N7O4S/c24-12-3-10(4-13(25)18(12)26)15-6-33(31-29-15)19-20(35)16(7-34)37-22(21(19)36)23-30-28-8-32(23)11-1-2-14-17(5-11)38-9-27-14/h1-6,8-9,16,19-22,34-36H,7H2/t16-,19+,20+,21-,22-/m1/s1. The molecule has 196 valence electrons. The van der Waals surface area contributed by atoms with Crippen LogP contribution in [0.15, 0.2) is 48.4 Å². The summed E-state index contributed by atoms with van der Waals surface area (Å²) in [5.41, 5.74) is 3.07. The highest BCUT2D eigenvalue weighted by Crippen LogP contribution is 2.38. The monoisotopic (exact) mass is 545 g/mol. The third-order valence-electron chi connectivity index (χ3n) is 6.41. The summed E-state index contributed by atoms with van der Waals surface area (Å²) >= 11 is 1.45. The number of aliphatic hydroxyl groups excluding tert-OH is 3. The molecule has 0 unspecified atom stereocenters. The smallest absolute Gasteiger partial charge is 0.194 e. The molecule has 0 saturated carbocycles. The topological polar surface area (TPSA) is 144 Å². The average molecular weight is 546 g/mol. The molecule has 0 radical (unpaired) electrons. The third-order valence-corrected chi connectivity index (χ3v) is 7.20. The molecule has 3 N–H and O–H groups in total. The summed E-state index contributed by atoms with van der Waals surface area (Å²) in [6, 6.07) is 5.79. The zero-order valence-corrected chi connectivity index (χ0v) is 20.0. The lowest BCUT2D eigenvalue weighted by Gasteiger charge is -2.41. The predicted octanol–water partition coefficient (Wildman–Crippen LogP) is 1.95. The highest BCUT2D eigenvalue weighted by molar-refractivity contribution is 7.16. The molecular weight excluding hydrogens is 527 g/mol. The van der Waals surface area contributed by atoms with Crippen LogP contribution in [0.25, 0.3) is 27.2 Å². The van der Waals surface area contributed by atoms with Crippen LogP contribution >= 0.6 is 11.3 Å². The molecule has 0 aliphatic carbocycles. The molecule has 3 aromatic heterocycles. The molecule has 11 nitrogen and oxygen atoms in total. The molecular formula is C23H18F3N7O4S. The van der Waals surface area contributed by atoms with Gasteiger partial charge in [-0.15, -0.1) is 26.6 Å². The van der Waals surface area contributed by atoms with Crippen molar-refractivity contribution in [1.29, 1.82) is 0 Å². The fourth-order valence-corrected chi connectivity index (χ4v) is 5.23. The predicted molar refractivity (Wildman–Crippen MR) is 126 cm³/mol. The molecule has 0 spiro atoms. The van der Waals surface area contributed by atoms with Crippen LogP contribution < -0.4 is 0 Å². The number of thiazole rings is 1. The van der Waals surface area contributed by atoms with Crippen molar-refractivity contribution >= 4 is 21.6 Å². The first-order valence-corrected chi connectivity index (χ1v) is 12.2. The lowest BCUT2D eigenvalue weighted by molar-refractivity contribution is -0.210. The second-order valence-corrected chi connectivity index (χ2v) is 9.54. The van der Waals surface area contributed by atoms with Crippen LogP contribution in [0, 0.1) is 17.5 Å². The first-order chi connectivity index (χ1) is 18.4. The van der Waals surface area contributed by atoms with E-state index >= 15 is 0 Å². The summed E-state index contributed by atoms with van der Waals surface area (Å²) in [5.74, 6) is -4.24. The molecule has 4 heterocycles. The zero-order chi connectivity index (χ0) is 26.6. The molecule has 1 saturated heterocycles. The summed E-state index contributed by atoms with van der Waals surface area (Å²) in [4.78, 5) is 4.26.